The Bertz CT molecular complexity index is 617. The zero-order chi connectivity index (χ0) is 17.7. The van der Waals surface area contributed by atoms with Crippen molar-refractivity contribution in [3.05, 3.63) is 33.9 Å². The molecule has 0 unspecified atom stereocenters. The number of hydrogen-bond acceptors (Lipinski definition) is 6. The quantitative estimate of drug-likeness (QED) is 0.333. The van der Waals surface area contributed by atoms with Crippen LogP contribution in [0.3, 0.4) is 0 Å². The van der Waals surface area contributed by atoms with Gasteiger partial charge in [-0.15, -0.1) is 11.8 Å². The first kappa shape index (κ1) is 18.5. The highest BCUT2D eigenvalue weighted by molar-refractivity contribution is 8.00. The molecule has 1 aromatic rings. The van der Waals surface area contributed by atoms with E-state index in [1.807, 2.05) is 0 Å². The smallest absolute Gasteiger partial charge is 0.416 e. The third-order valence-electron chi connectivity index (χ3n) is 3.28. The molecule has 0 aliphatic carbocycles. The van der Waals surface area contributed by atoms with Crippen LogP contribution in [0.15, 0.2) is 23.1 Å². The Morgan fingerprint density at radius 2 is 2.21 bits per heavy atom. The fourth-order valence-electron chi connectivity index (χ4n) is 2.10. The molecule has 1 heterocycles. The maximum Gasteiger partial charge on any atom is 0.416 e. The Hall–Kier alpha value is -1.81. The lowest BCUT2D eigenvalue weighted by Gasteiger charge is -2.10. The summed E-state index contributed by atoms with van der Waals surface area (Å²) in [5, 5.41) is 10.9. The van der Waals surface area contributed by atoms with Crippen LogP contribution in [0, 0.1) is 10.1 Å². The Balaban J connectivity index is 1.95. The standard InChI is InChI=1S/C14H14F3NO5S/c15-14(16,17)9-3-4-12(11(6-9)18(20)21)24-8-13(19)23-7-10-2-1-5-22-10/h3-4,6,10H,1-2,5,7-8H2/t10-/m1/s1. The van der Waals surface area contributed by atoms with Crippen LogP contribution >= 0.6 is 11.8 Å². The van der Waals surface area contributed by atoms with Gasteiger partial charge in [0.2, 0.25) is 0 Å². The third-order valence-corrected chi connectivity index (χ3v) is 4.32. The molecule has 0 radical (unpaired) electrons. The lowest BCUT2D eigenvalue weighted by molar-refractivity contribution is -0.388. The predicted octanol–water partition coefficient (Wildman–Crippen LogP) is 3.43. The second-order valence-electron chi connectivity index (χ2n) is 5.04. The van der Waals surface area contributed by atoms with E-state index in [0.29, 0.717) is 12.7 Å². The zero-order valence-corrected chi connectivity index (χ0v) is 13.2. The fraction of sp³-hybridized carbons (Fsp3) is 0.500. The molecule has 1 saturated heterocycles. The molecule has 1 fully saturated rings. The molecule has 1 aliphatic rings. The predicted molar refractivity (Wildman–Crippen MR) is 78.8 cm³/mol. The van der Waals surface area contributed by atoms with Gasteiger partial charge in [-0.3, -0.25) is 14.9 Å². The number of nitro benzene ring substituents is 1. The molecular formula is C14H14F3NO5S. The first-order valence-corrected chi connectivity index (χ1v) is 8.01. The second kappa shape index (κ2) is 7.84. The van der Waals surface area contributed by atoms with Gasteiger partial charge in [-0.1, -0.05) is 0 Å². The van der Waals surface area contributed by atoms with Crippen molar-refractivity contribution in [2.24, 2.45) is 0 Å². The molecule has 0 amide bonds. The number of carbonyl (C=O) groups excluding carboxylic acids is 1. The van der Waals surface area contributed by atoms with Gasteiger partial charge in [-0.2, -0.15) is 13.2 Å². The van der Waals surface area contributed by atoms with E-state index < -0.39 is 28.3 Å². The number of nitro groups is 1. The average molecular weight is 365 g/mol. The Kier molecular flexibility index (Phi) is 6.05. The Morgan fingerprint density at radius 3 is 2.79 bits per heavy atom. The molecule has 0 aromatic heterocycles. The number of hydrogen-bond donors (Lipinski definition) is 0. The largest absolute Gasteiger partial charge is 0.462 e. The maximum atomic E-state index is 12.6. The van der Waals surface area contributed by atoms with Gasteiger partial charge in [-0.25, -0.2) is 0 Å². The summed E-state index contributed by atoms with van der Waals surface area (Å²) in [5.74, 6) is -0.844. The van der Waals surface area contributed by atoms with E-state index in [1.165, 1.54) is 0 Å². The van der Waals surface area contributed by atoms with E-state index in [4.69, 9.17) is 9.47 Å². The summed E-state index contributed by atoms with van der Waals surface area (Å²) >= 11 is 0.761. The number of thioether (sulfide) groups is 1. The molecule has 2 rings (SSSR count). The first-order chi connectivity index (χ1) is 11.3. The highest BCUT2D eigenvalue weighted by Gasteiger charge is 2.33. The van der Waals surface area contributed by atoms with Crippen LogP contribution in [0.1, 0.15) is 18.4 Å². The summed E-state index contributed by atoms with van der Waals surface area (Å²) in [4.78, 5) is 21.6. The maximum absolute atomic E-state index is 12.6. The van der Waals surface area contributed by atoms with Crippen LogP contribution in [-0.2, 0) is 20.4 Å². The molecule has 1 aromatic carbocycles. The number of esters is 1. The summed E-state index contributed by atoms with van der Waals surface area (Å²) in [6.45, 7) is 0.725. The highest BCUT2D eigenvalue weighted by Crippen LogP contribution is 2.36. The van der Waals surface area contributed by atoms with E-state index in [2.05, 4.69) is 0 Å². The molecule has 1 atom stereocenters. The van der Waals surface area contributed by atoms with E-state index in [0.717, 1.165) is 36.7 Å². The van der Waals surface area contributed by atoms with Gasteiger partial charge < -0.3 is 9.47 Å². The number of rotatable bonds is 6. The van der Waals surface area contributed by atoms with Gasteiger partial charge in [-0.05, 0) is 25.0 Å². The lowest BCUT2D eigenvalue weighted by atomic mass is 10.2. The monoisotopic (exact) mass is 365 g/mol. The van der Waals surface area contributed by atoms with E-state index >= 15 is 0 Å². The van der Waals surface area contributed by atoms with Crippen molar-refractivity contribution < 1.29 is 32.4 Å². The minimum atomic E-state index is -4.67. The van der Waals surface area contributed by atoms with Crippen molar-refractivity contribution in [1.82, 2.24) is 0 Å². The molecule has 0 N–H and O–H groups in total. The molecule has 0 saturated carbocycles. The minimum Gasteiger partial charge on any atom is -0.462 e. The molecule has 0 spiro atoms. The van der Waals surface area contributed by atoms with Crippen LogP contribution in [-0.4, -0.2) is 36.0 Å². The summed E-state index contributed by atoms with van der Waals surface area (Å²) in [5.41, 5.74) is -1.80. The van der Waals surface area contributed by atoms with Crippen molar-refractivity contribution in [3.8, 4) is 0 Å². The first-order valence-electron chi connectivity index (χ1n) is 7.03. The number of carbonyl (C=O) groups is 1. The van der Waals surface area contributed by atoms with Crippen LogP contribution in [0.2, 0.25) is 0 Å². The summed E-state index contributed by atoms with van der Waals surface area (Å²) in [6, 6.07) is 2.19. The van der Waals surface area contributed by atoms with Crippen molar-refractivity contribution in [1.29, 1.82) is 0 Å². The van der Waals surface area contributed by atoms with Crippen LogP contribution < -0.4 is 0 Å². The number of ether oxygens (including phenoxy) is 2. The van der Waals surface area contributed by atoms with Gasteiger partial charge in [0.1, 0.15) is 6.61 Å². The van der Waals surface area contributed by atoms with Crippen LogP contribution in [0.4, 0.5) is 18.9 Å². The van der Waals surface area contributed by atoms with Crippen LogP contribution in [0.5, 0.6) is 0 Å². The van der Waals surface area contributed by atoms with Gasteiger partial charge in [0.05, 0.1) is 27.2 Å². The molecule has 132 valence electrons. The SMILES string of the molecule is O=C(CSc1ccc(C(F)(F)F)cc1[N+](=O)[O-])OC[C@H]1CCCO1. The lowest BCUT2D eigenvalue weighted by Crippen LogP contribution is -2.18. The highest BCUT2D eigenvalue weighted by atomic mass is 32.2. The molecule has 10 heteroatoms. The average Bonchev–Trinajstić information content (AvgIpc) is 3.03. The van der Waals surface area contributed by atoms with Crippen molar-refractivity contribution in [2.45, 2.75) is 30.0 Å². The molecule has 0 bridgehead atoms. The molecule has 6 nitrogen and oxygen atoms in total. The number of halogens is 3. The summed E-state index contributed by atoms with van der Waals surface area (Å²) in [7, 11) is 0. The third kappa shape index (κ3) is 5.10. The van der Waals surface area contributed by atoms with Gasteiger partial charge >= 0.3 is 12.1 Å². The summed E-state index contributed by atoms with van der Waals surface area (Å²) < 4.78 is 48.1. The van der Waals surface area contributed by atoms with E-state index in [-0.39, 0.29) is 23.4 Å². The van der Waals surface area contributed by atoms with Crippen LogP contribution in [0.25, 0.3) is 0 Å². The Labute approximate surface area is 139 Å². The zero-order valence-electron chi connectivity index (χ0n) is 12.4. The topological polar surface area (TPSA) is 78.7 Å². The van der Waals surface area contributed by atoms with E-state index in [1.54, 1.807) is 0 Å². The van der Waals surface area contributed by atoms with Gasteiger partial charge in [0, 0.05) is 12.7 Å². The Morgan fingerprint density at radius 1 is 1.46 bits per heavy atom. The molecule has 24 heavy (non-hydrogen) atoms. The van der Waals surface area contributed by atoms with Crippen molar-refractivity contribution in [2.75, 3.05) is 19.0 Å². The van der Waals surface area contributed by atoms with E-state index in [9.17, 15) is 28.1 Å². The fourth-order valence-corrected chi connectivity index (χ4v) is 2.90. The number of alkyl halides is 3. The van der Waals surface area contributed by atoms with Gasteiger partial charge in [0.25, 0.3) is 5.69 Å². The number of nitrogens with zero attached hydrogens (tertiary/aromatic N) is 1. The molecular weight excluding hydrogens is 351 g/mol. The summed E-state index contributed by atoms with van der Waals surface area (Å²) in [6.07, 6.45) is -3.12. The minimum absolute atomic E-state index is 0.0259. The van der Waals surface area contributed by atoms with Crippen molar-refractivity contribution >= 4 is 23.4 Å². The second-order valence-corrected chi connectivity index (χ2v) is 6.06. The number of benzene rings is 1. The molecule has 1 aliphatic heterocycles. The van der Waals surface area contributed by atoms with Gasteiger partial charge in [0.15, 0.2) is 0 Å². The normalized spacial score (nSPS) is 17.7. The van der Waals surface area contributed by atoms with Crippen molar-refractivity contribution in [3.63, 3.8) is 0 Å².